The normalized spacial score (nSPS) is 13.4. The van der Waals surface area contributed by atoms with Crippen molar-refractivity contribution >= 4 is 11.9 Å². The molecule has 1 rings (SSSR count). The molecule has 2 unspecified atom stereocenters. The predicted molar refractivity (Wildman–Crippen MR) is 105 cm³/mol. The summed E-state index contributed by atoms with van der Waals surface area (Å²) in [6, 6.07) is 3.33. The van der Waals surface area contributed by atoms with Crippen LogP contribution in [0.2, 0.25) is 0 Å². The van der Waals surface area contributed by atoms with Crippen LogP contribution in [0.3, 0.4) is 0 Å². The number of carboxylic acids is 2. The second-order valence-corrected chi connectivity index (χ2v) is 7.27. The van der Waals surface area contributed by atoms with Crippen molar-refractivity contribution in [2.45, 2.75) is 79.1 Å². The van der Waals surface area contributed by atoms with E-state index in [2.05, 4.69) is 27.7 Å². The van der Waals surface area contributed by atoms with Crippen LogP contribution in [-0.4, -0.2) is 22.2 Å². The van der Waals surface area contributed by atoms with Gasteiger partial charge in [-0.3, -0.25) is 0 Å². The Kier molecular flexibility index (Phi) is 9.39. The van der Waals surface area contributed by atoms with Gasteiger partial charge in [0.15, 0.2) is 0 Å². The molecule has 0 bridgehead atoms. The van der Waals surface area contributed by atoms with Crippen molar-refractivity contribution in [3.05, 3.63) is 34.4 Å². The van der Waals surface area contributed by atoms with Gasteiger partial charge in [0.1, 0.15) is 0 Å². The largest absolute Gasteiger partial charge is 0.478 e. The van der Waals surface area contributed by atoms with Gasteiger partial charge in [-0.1, -0.05) is 72.3 Å². The van der Waals surface area contributed by atoms with Crippen LogP contribution in [0.25, 0.3) is 0 Å². The molecule has 1 aromatic rings. The van der Waals surface area contributed by atoms with Crippen molar-refractivity contribution in [2.75, 3.05) is 0 Å². The van der Waals surface area contributed by atoms with Crippen LogP contribution in [0.15, 0.2) is 12.1 Å². The van der Waals surface area contributed by atoms with Crippen molar-refractivity contribution in [2.24, 2.45) is 11.8 Å². The zero-order valence-corrected chi connectivity index (χ0v) is 16.7. The molecule has 2 N–H and O–H groups in total. The number of benzene rings is 1. The molecular weight excluding hydrogens is 328 g/mol. The van der Waals surface area contributed by atoms with E-state index >= 15 is 0 Å². The number of carbonyl (C=O) groups is 2. The molecule has 4 nitrogen and oxygen atoms in total. The Hall–Kier alpha value is -1.84. The molecule has 0 spiro atoms. The molecule has 0 fully saturated rings. The highest BCUT2D eigenvalue weighted by molar-refractivity contribution is 6.03. The van der Waals surface area contributed by atoms with Gasteiger partial charge in [-0.25, -0.2) is 9.59 Å². The zero-order chi connectivity index (χ0) is 19.7. The minimum absolute atomic E-state index is 0.00379. The van der Waals surface area contributed by atoms with Gasteiger partial charge in [0.25, 0.3) is 0 Å². The molecule has 0 radical (unpaired) electrons. The molecule has 0 aromatic heterocycles. The smallest absolute Gasteiger partial charge is 0.336 e. The van der Waals surface area contributed by atoms with Gasteiger partial charge in [0, 0.05) is 0 Å². The van der Waals surface area contributed by atoms with Gasteiger partial charge < -0.3 is 10.2 Å². The quantitative estimate of drug-likeness (QED) is 0.491. The van der Waals surface area contributed by atoms with Crippen molar-refractivity contribution in [1.82, 2.24) is 0 Å². The molecule has 0 amide bonds. The lowest BCUT2D eigenvalue weighted by Crippen LogP contribution is -2.18. The molecule has 0 aliphatic carbocycles. The molecule has 0 aliphatic heterocycles. The standard InChI is InChI=1S/C22H34O4/c1-5-9-15(7-3)13-17-11-12-18(21(23)24)20(22(25)26)19(17)14-16(8-4)10-6-2/h11-12,15-16H,5-10,13-14H2,1-4H3,(H,23,24)(H,25,26). The van der Waals surface area contributed by atoms with E-state index in [0.29, 0.717) is 18.3 Å². The fourth-order valence-electron chi connectivity index (χ4n) is 3.86. The molecule has 1 aromatic carbocycles. The second-order valence-electron chi connectivity index (χ2n) is 7.27. The zero-order valence-electron chi connectivity index (χ0n) is 16.7. The molecule has 0 heterocycles. The molecule has 2 atom stereocenters. The summed E-state index contributed by atoms with van der Waals surface area (Å²) in [4.78, 5) is 23.5. The first-order valence-corrected chi connectivity index (χ1v) is 10.0. The minimum Gasteiger partial charge on any atom is -0.478 e. The molecule has 4 heteroatoms. The fourth-order valence-corrected chi connectivity index (χ4v) is 3.86. The highest BCUT2D eigenvalue weighted by Crippen LogP contribution is 2.29. The number of aromatic carboxylic acids is 2. The van der Waals surface area contributed by atoms with Crippen LogP contribution in [-0.2, 0) is 12.8 Å². The number of hydrogen-bond donors (Lipinski definition) is 2. The topological polar surface area (TPSA) is 74.6 Å². The molecule has 26 heavy (non-hydrogen) atoms. The third-order valence-electron chi connectivity index (χ3n) is 5.40. The molecule has 0 saturated heterocycles. The Morgan fingerprint density at radius 1 is 0.846 bits per heavy atom. The van der Waals surface area contributed by atoms with Gasteiger partial charge in [-0.2, -0.15) is 0 Å². The maximum atomic E-state index is 11.9. The highest BCUT2D eigenvalue weighted by atomic mass is 16.4. The fraction of sp³-hybridized carbons (Fsp3) is 0.636. The van der Waals surface area contributed by atoms with Crippen LogP contribution in [0.5, 0.6) is 0 Å². The molecular formula is C22H34O4. The van der Waals surface area contributed by atoms with Gasteiger partial charge in [-0.15, -0.1) is 0 Å². The summed E-state index contributed by atoms with van der Waals surface area (Å²) < 4.78 is 0. The van der Waals surface area contributed by atoms with Crippen LogP contribution in [0.4, 0.5) is 0 Å². The van der Waals surface area contributed by atoms with Crippen molar-refractivity contribution in [3.63, 3.8) is 0 Å². The molecule has 146 valence electrons. The third-order valence-corrected chi connectivity index (χ3v) is 5.40. The van der Waals surface area contributed by atoms with E-state index in [9.17, 15) is 19.8 Å². The van der Waals surface area contributed by atoms with E-state index in [1.807, 2.05) is 6.07 Å². The van der Waals surface area contributed by atoms with E-state index in [-0.39, 0.29) is 11.1 Å². The van der Waals surface area contributed by atoms with Crippen molar-refractivity contribution in [3.8, 4) is 0 Å². The average Bonchev–Trinajstić information content (AvgIpc) is 2.60. The van der Waals surface area contributed by atoms with E-state index in [1.165, 1.54) is 6.07 Å². The van der Waals surface area contributed by atoms with Crippen LogP contribution in [0, 0.1) is 11.8 Å². The van der Waals surface area contributed by atoms with Crippen molar-refractivity contribution in [1.29, 1.82) is 0 Å². The van der Waals surface area contributed by atoms with Gasteiger partial charge in [0.05, 0.1) is 11.1 Å². The minimum atomic E-state index is -1.17. The molecule has 0 saturated carbocycles. The summed E-state index contributed by atoms with van der Waals surface area (Å²) in [5.41, 5.74) is 1.66. The van der Waals surface area contributed by atoms with Crippen LogP contribution < -0.4 is 0 Å². The first-order chi connectivity index (χ1) is 12.4. The van der Waals surface area contributed by atoms with E-state index in [4.69, 9.17) is 0 Å². The van der Waals surface area contributed by atoms with Gasteiger partial charge >= 0.3 is 11.9 Å². The Labute approximate surface area is 157 Å². The second kappa shape index (κ2) is 11.0. The lowest BCUT2D eigenvalue weighted by Gasteiger charge is -2.22. The lowest BCUT2D eigenvalue weighted by atomic mass is 9.82. The predicted octanol–water partition coefficient (Wildman–Crippen LogP) is 5.82. The van der Waals surface area contributed by atoms with Crippen molar-refractivity contribution < 1.29 is 19.8 Å². The summed E-state index contributed by atoms with van der Waals surface area (Å²) in [7, 11) is 0. The SMILES string of the molecule is CCCC(CC)Cc1ccc(C(=O)O)c(C(=O)O)c1CC(CC)CCC. The summed E-state index contributed by atoms with van der Waals surface area (Å²) in [6.07, 6.45) is 7.75. The number of hydrogen-bond acceptors (Lipinski definition) is 2. The van der Waals surface area contributed by atoms with E-state index in [0.717, 1.165) is 56.1 Å². The average molecular weight is 363 g/mol. The molecule has 0 aliphatic rings. The highest BCUT2D eigenvalue weighted by Gasteiger charge is 2.25. The number of rotatable bonds is 12. The first-order valence-electron chi connectivity index (χ1n) is 10.0. The third kappa shape index (κ3) is 5.86. The van der Waals surface area contributed by atoms with Gasteiger partial charge in [0.2, 0.25) is 0 Å². The van der Waals surface area contributed by atoms with Gasteiger partial charge in [-0.05, 0) is 41.9 Å². The number of carboxylic acid groups (broad SMARTS) is 2. The summed E-state index contributed by atoms with van der Waals surface area (Å²) in [6.45, 7) is 8.57. The summed E-state index contributed by atoms with van der Waals surface area (Å²) in [5.74, 6) is -1.41. The van der Waals surface area contributed by atoms with E-state index < -0.39 is 11.9 Å². The maximum absolute atomic E-state index is 11.9. The monoisotopic (exact) mass is 362 g/mol. The Morgan fingerprint density at radius 3 is 1.81 bits per heavy atom. The Bertz CT molecular complexity index is 606. The first kappa shape index (κ1) is 22.2. The van der Waals surface area contributed by atoms with Crippen LogP contribution in [0.1, 0.15) is 98.1 Å². The van der Waals surface area contributed by atoms with Crippen LogP contribution >= 0.6 is 0 Å². The summed E-state index contributed by atoms with van der Waals surface area (Å²) in [5, 5.41) is 19.2. The Morgan fingerprint density at radius 2 is 1.38 bits per heavy atom. The lowest BCUT2D eigenvalue weighted by molar-refractivity contribution is 0.0650. The maximum Gasteiger partial charge on any atom is 0.336 e. The Balaban J connectivity index is 3.45. The summed E-state index contributed by atoms with van der Waals surface area (Å²) >= 11 is 0. The van der Waals surface area contributed by atoms with E-state index in [1.54, 1.807) is 0 Å².